The molecule has 0 aromatic heterocycles. The number of likely N-dealkylation sites (tertiary alicyclic amines) is 1. The van der Waals surface area contributed by atoms with Crippen LogP contribution in [0.2, 0.25) is 5.02 Å². The quantitative estimate of drug-likeness (QED) is 0.859. The van der Waals surface area contributed by atoms with E-state index < -0.39 is 0 Å². The van der Waals surface area contributed by atoms with E-state index in [0.717, 1.165) is 31.1 Å². The van der Waals surface area contributed by atoms with E-state index in [1.807, 2.05) is 12.1 Å². The maximum Gasteiger partial charge on any atom is 0.0406 e. The minimum atomic E-state index is 0.342. The number of hydrogen-bond donors (Lipinski definition) is 1. The summed E-state index contributed by atoms with van der Waals surface area (Å²) in [4.78, 5) is 2.45. The molecule has 2 N–H and O–H groups in total. The van der Waals surface area contributed by atoms with Gasteiger partial charge in [-0.15, -0.1) is 0 Å². The lowest BCUT2D eigenvalue weighted by molar-refractivity contribution is 0.265. The van der Waals surface area contributed by atoms with Crippen LogP contribution >= 0.6 is 11.6 Å². The Morgan fingerprint density at radius 3 is 2.75 bits per heavy atom. The molecule has 1 aliphatic heterocycles. The molecule has 0 bridgehead atoms. The largest absolute Gasteiger partial charge is 0.327 e. The predicted octanol–water partition coefficient (Wildman–Crippen LogP) is 2.65. The van der Waals surface area contributed by atoms with E-state index in [-0.39, 0.29) is 0 Å². The van der Waals surface area contributed by atoms with Crippen molar-refractivity contribution >= 4 is 11.6 Å². The van der Waals surface area contributed by atoms with Gasteiger partial charge in [-0.25, -0.2) is 0 Å². The minimum Gasteiger partial charge on any atom is -0.327 e. The van der Waals surface area contributed by atoms with Crippen molar-refractivity contribution < 1.29 is 0 Å². The molecule has 88 valence electrons. The highest BCUT2D eigenvalue weighted by atomic mass is 35.5. The molecule has 1 atom stereocenters. The molecule has 1 aromatic rings. The zero-order chi connectivity index (χ0) is 11.4. The maximum absolute atomic E-state index is 6.04. The Labute approximate surface area is 102 Å². The molecule has 1 saturated heterocycles. The molecule has 3 heteroatoms. The van der Waals surface area contributed by atoms with Crippen LogP contribution in [0.5, 0.6) is 0 Å². The van der Waals surface area contributed by atoms with Crippen molar-refractivity contribution in [3.05, 3.63) is 34.9 Å². The van der Waals surface area contributed by atoms with Gasteiger partial charge >= 0.3 is 0 Å². The summed E-state index contributed by atoms with van der Waals surface area (Å²) >= 11 is 5.87. The van der Waals surface area contributed by atoms with Crippen LogP contribution in [0.15, 0.2) is 24.3 Å². The summed E-state index contributed by atoms with van der Waals surface area (Å²) in [5.41, 5.74) is 7.36. The van der Waals surface area contributed by atoms with Gasteiger partial charge in [0, 0.05) is 24.2 Å². The van der Waals surface area contributed by atoms with Crippen LogP contribution in [0.1, 0.15) is 24.8 Å². The zero-order valence-corrected chi connectivity index (χ0v) is 10.3. The van der Waals surface area contributed by atoms with Crippen molar-refractivity contribution in [2.75, 3.05) is 13.1 Å². The van der Waals surface area contributed by atoms with Crippen LogP contribution in [0, 0.1) is 0 Å². The van der Waals surface area contributed by atoms with E-state index in [2.05, 4.69) is 17.0 Å². The molecule has 1 aromatic carbocycles. The highest BCUT2D eigenvalue weighted by molar-refractivity contribution is 6.30. The molecule has 0 aliphatic carbocycles. The minimum absolute atomic E-state index is 0.342. The summed E-state index contributed by atoms with van der Waals surface area (Å²) < 4.78 is 0. The fourth-order valence-electron chi connectivity index (χ4n) is 2.25. The number of halogens is 1. The van der Waals surface area contributed by atoms with Crippen molar-refractivity contribution in [2.24, 2.45) is 5.73 Å². The summed E-state index contributed by atoms with van der Waals surface area (Å²) in [7, 11) is 0. The van der Waals surface area contributed by atoms with Gasteiger partial charge in [-0.1, -0.05) is 30.2 Å². The summed E-state index contributed by atoms with van der Waals surface area (Å²) in [6.45, 7) is 3.17. The highest BCUT2D eigenvalue weighted by Gasteiger charge is 2.14. The van der Waals surface area contributed by atoms with Crippen LogP contribution in [0.25, 0.3) is 0 Å². The number of hydrogen-bond acceptors (Lipinski definition) is 2. The molecule has 0 amide bonds. The molecular weight excluding hydrogens is 220 g/mol. The van der Waals surface area contributed by atoms with Gasteiger partial charge in [0.15, 0.2) is 0 Å². The smallest absolute Gasteiger partial charge is 0.0406 e. The van der Waals surface area contributed by atoms with E-state index in [1.54, 1.807) is 0 Å². The van der Waals surface area contributed by atoms with Crippen molar-refractivity contribution in [2.45, 2.75) is 31.8 Å². The summed E-state index contributed by atoms with van der Waals surface area (Å²) in [6, 6.07) is 8.44. The molecule has 1 aliphatic rings. The van der Waals surface area contributed by atoms with Crippen molar-refractivity contribution in [3.63, 3.8) is 0 Å². The fourth-order valence-corrected chi connectivity index (χ4v) is 2.37. The van der Waals surface area contributed by atoms with Crippen LogP contribution in [-0.4, -0.2) is 24.0 Å². The van der Waals surface area contributed by atoms with E-state index in [0.29, 0.717) is 6.04 Å². The van der Waals surface area contributed by atoms with Crippen LogP contribution in [0.3, 0.4) is 0 Å². The van der Waals surface area contributed by atoms with Gasteiger partial charge in [0.25, 0.3) is 0 Å². The van der Waals surface area contributed by atoms with Gasteiger partial charge in [0.1, 0.15) is 0 Å². The molecule has 2 rings (SSSR count). The van der Waals surface area contributed by atoms with Gasteiger partial charge in [0.2, 0.25) is 0 Å². The first-order valence-corrected chi connectivity index (χ1v) is 6.34. The van der Waals surface area contributed by atoms with Crippen LogP contribution in [0.4, 0.5) is 0 Å². The molecular formula is C13H19ClN2. The molecule has 16 heavy (non-hydrogen) atoms. The van der Waals surface area contributed by atoms with Gasteiger partial charge in [-0.05, 0) is 37.1 Å². The van der Waals surface area contributed by atoms with E-state index in [1.165, 1.54) is 18.4 Å². The molecule has 1 fully saturated rings. The number of benzene rings is 1. The second kappa shape index (κ2) is 5.67. The standard InChI is InChI=1S/C13H19ClN2/c14-12-6-4-11(5-7-12)9-16-8-2-1-3-13(15)10-16/h4-7,13H,1-3,8-10,15H2. The first-order valence-electron chi connectivity index (χ1n) is 5.96. The van der Waals surface area contributed by atoms with Gasteiger partial charge < -0.3 is 5.73 Å². The van der Waals surface area contributed by atoms with Crippen LogP contribution in [-0.2, 0) is 6.54 Å². The molecule has 0 spiro atoms. The topological polar surface area (TPSA) is 29.3 Å². The SMILES string of the molecule is NC1CCCCN(Cc2ccc(Cl)cc2)C1. The molecule has 0 saturated carbocycles. The number of nitrogens with zero attached hydrogens (tertiary/aromatic N) is 1. The predicted molar refractivity (Wildman–Crippen MR) is 68.6 cm³/mol. The van der Waals surface area contributed by atoms with Gasteiger partial charge in [-0.3, -0.25) is 4.90 Å². The van der Waals surface area contributed by atoms with Crippen molar-refractivity contribution in [1.29, 1.82) is 0 Å². The second-order valence-electron chi connectivity index (χ2n) is 4.62. The lowest BCUT2D eigenvalue weighted by Gasteiger charge is -2.22. The first kappa shape index (κ1) is 11.9. The average molecular weight is 239 g/mol. The van der Waals surface area contributed by atoms with Crippen molar-refractivity contribution in [1.82, 2.24) is 4.90 Å². The monoisotopic (exact) mass is 238 g/mol. The fraction of sp³-hybridized carbons (Fsp3) is 0.538. The molecule has 0 radical (unpaired) electrons. The number of nitrogens with two attached hydrogens (primary N) is 1. The average Bonchev–Trinajstić information content (AvgIpc) is 2.46. The summed E-state index contributed by atoms with van der Waals surface area (Å²) in [5.74, 6) is 0. The Bertz CT molecular complexity index is 323. The van der Waals surface area contributed by atoms with Crippen molar-refractivity contribution in [3.8, 4) is 0 Å². The lowest BCUT2D eigenvalue weighted by Crippen LogP contribution is -2.35. The molecule has 1 unspecified atom stereocenters. The summed E-state index contributed by atoms with van der Waals surface area (Å²) in [5, 5.41) is 0.802. The molecule has 2 nitrogen and oxygen atoms in total. The van der Waals surface area contributed by atoms with E-state index in [4.69, 9.17) is 17.3 Å². The summed E-state index contributed by atoms with van der Waals surface area (Å²) in [6.07, 6.45) is 3.69. The maximum atomic E-state index is 6.04. The Balaban J connectivity index is 1.95. The van der Waals surface area contributed by atoms with E-state index in [9.17, 15) is 0 Å². The number of rotatable bonds is 2. The molecule has 1 heterocycles. The van der Waals surface area contributed by atoms with Crippen LogP contribution < -0.4 is 5.73 Å². The lowest BCUT2D eigenvalue weighted by atomic mass is 10.1. The highest BCUT2D eigenvalue weighted by Crippen LogP contribution is 2.14. The zero-order valence-electron chi connectivity index (χ0n) is 9.53. The Morgan fingerprint density at radius 1 is 1.25 bits per heavy atom. The third kappa shape index (κ3) is 3.48. The normalized spacial score (nSPS) is 23.0. The Hall–Kier alpha value is -0.570. The first-order chi connectivity index (χ1) is 7.74. The van der Waals surface area contributed by atoms with Gasteiger partial charge in [-0.2, -0.15) is 0 Å². The van der Waals surface area contributed by atoms with E-state index >= 15 is 0 Å². The van der Waals surface area contributed by atoms with Gasteiger partial charge in [0.05, 0.1) is 0 Å². The third-order valence-electron chi connectivity index (χ3n) is 3.11. The Morgan fingerprint density at radius 2 is 2.00 bits per heavy atom. The second-order valence-corrected chi connectivity index (χ2v) is 5.05. The third-order valence-corrected chi connectivity index (χ3v) is 3.36. The Kier molecular flexibility index (Phi) is 4.22.